The van der Waals surface area contributed by atoms with Gasteiger partial charge in [-0.1, -0.05) is 45.4 Å². The molecule has 1 amide bonds. The van der Waals surface area contributed by atoms with Crippen LogP contribution in [0.5, 0.6) is 0 Å². The van der Waals surface area contributed by atoms with Crippen molar-refractivity contribution >= 4 is 24.1 Å². The van der Waals surface area contributed by atoms with E-state index in [1.165, 1.54) is 5.56 Å². The fourth-order valence-corrected chi connectivity index (χ4v) is 2.20. The minimum atomic E-state index is -0.274. The van der Waals surface area contributed by atoms with E-state index in [0.717, 1.165) is 11.4 Å². The second-order valence-corrected chi connectivity index (χ2v) is 7.55. The molecule has 1 aromatic heterocycles. The van der Waals surface area contributed by atoms with Crippen molar-refractivity contribution in [3.63, 3.8) is 0 Å². The second kappa shape index (κ2) is 8.02. The van der Waals surface area contributed by atoms with Crippen LogP contribution in [-0.4, -0.2) is 21.7 Å². The van der Waals surface area contributed by atoms with E-state index in [0.29, 0.717) is 5.82 Å². The Bertz CT molecular complexity index is 714. The summed E-state index contributed by atoms with van der Waals surface area (Å²) >= 11 is 0. The number of aromatic nitrogens is 2. The maximum Gasteiger partial charge on any atom is 0.229 e. The van der Waals surface area contributed by atoms with Gasteiger partial charge in [-0.2, -0.15) is 5.10 Å². The number of nitrogens with two attached hydrogens (primary N) is 1. The minimum Gasteiger partial charge on any atom is -0.327 e. The first-order chi connectivity index (χ1) is 11.1. The van der Waals surface area contributed by atoms with Crippen molar-refractivity contribution in [1.82, 2.24) is 9.78 Å². The number of anilines is 1. The molecule has 0 saturated carbocycles. The van der Waals surface area contributed by atoms with Gasteiger partial charge in [0.05, 0.1) is 17.3 Å². The average molecular weight is 365 g/mol. The van der Waals surface area contributed by atoms with E-state index in [2.05, 4.69) is 26.1 Å². The molecule has 0 aliphatic carbocycles. The van der Waals surface area contributed by atoms with Crippen molar-refractivity contribution in [3.05, 3.63) is 41.6 Å². The maximum atomic E-state index is 12.4. The van der Waals surface area contributed by atoms with Gasteiger partial charge in [0, 0.05) is 17.5 Å². The lowest BCUT2D eigenvalue weighted by atomic mass is 9.92. The lowest BCUT2D eigenvalue weighted by Crippen LogP contribution is -2.34. The quantitative estimate of drug-likeness (QED) is 0.866. The summed E-state index contributed by atoms with van der Waals surface area (Å²) in [5.74, 6) is 0.296. The first-order valence-electron chi connectivity index (χ1n) is 8.33. The number of nitrogens with one attached hydrogen (secondary N) is 1. The van der Waals surface area contributed by atoms with Gasteiger partial charge in [0.1, 0.15) is 5.82 Å². The van der Waals surface area contributed by atoms with Crippen LogP contribution in [0.3, 0.4) is 0 Å². The lowest BCUT2D eigenvalue weighted by Gasteiger charge is -2.16. The molecule has 2 rings (SSSR count). The summed E-state index contributed by atoms with van der Waals surface area (Å²) in [5.41, 5.74) is 8.76. The van der Waals surface area contributed by atoms with E-state index in [1.807, 2.05) is 51.1 Å². The highest BCUT2D eigenvalue weighted by atomic mass is 35.5. The fourth-order valence-electron chi connectivity index (χ4n) is 2.20. The highest BCUT2D eigenvalue weighted by molar-refractivity contribution is 5.92. The zero-order chi connectivity index (χ0) is 18.1. The second-order valence-electron chi connectivity index (χ2n) is 7.55. The molecule has 0 aliphatic heterocycles. The number of rotatable bonds is 4. The molecule has 0 saturated heterocycles. The van der Waals surface area contributed by atoms with E-state index in [9.17, 15) is 4.79 Å². The Kier molecular flexibility index (Phi) is 6.80. The highest BCUT2D eigenvalue weighted by Gasteiger charge is 2.23. The molecule has 2 unspecified atom stereocenters. The Balaban J connectivity index is 0.00000312. The largest absolute Gasteiger partial charge is 0.327 e. The summed E-state index contributed by atoms with van der Waals surface area (Å²) in [6.45, 7) is 12.0. The molecule has 0 radical (unpaired) electrons. The third-order valence-electron chi connectivity index (χ3n) is 4.21. The molecule has 138 valence electrons. The van der Waals surface area contributed by atoms with E-state index >= 15 is 0 Å². The zero-order valence-corrected chi connectivity index (χ0v) is 16.6. The molecule has 0 spiro atoms. The lowest BCUT2D eigenvalue weighted by molar-refractivity contribution is -0.119. The molecule has 0 aliphatic rings. The van der Waals surface area contributed by atoms with E-state index in [1.54, 1.807) is 4.68 Å². The summed E-state index contributed by atoms with van der Waals surface area (Å²) in [6.07, 6.45) is 0. The zero-order valence-electron chi connectivity index (χ0n) is 15.8. The van der Waals surface area contributed by atoms with Crippen LogP contribution in [0.15, 0.2) is 30.3 Å². The molecular formula is C19H29ClN4O. The van der Waals surface area contributed by atoms with Gasteiger partial charge in [0.25, 0.3) is 0 Å². The average Bonchev–Trinajstić information content (AvgIpc) is 2.91. The van der Waals surface area contributed by atoms with E-state index in [4.69, 9.17) is 10.8 Å². The third-order valence-corrected chi connectivity index (χ3v) is 4.21. The number of hydrogen-bond donors (Lipinski definition) is 2. The van der Waals surface area contributed by atoms with Crippen molar-refractivity contribution in [1.29, 1.82) is 0 Å². The van der Waals surface area contributed by atoms with Crippen LogP contribution in [-0.2, 0) is 10.2 Å². The van der Waals surface area contributed by atoms with Gasteiger partial charge in [-0.15, -0.1) is 12.4 Å². The minimum absolute atomic E-state index is 0. The van der Waals surface area contributed by atoms with Crippen molar-refractivity contribution in [3.8, 4) is 5.69 Å². The van der Waals surface area contributed by atoms with Gasteiger partial charge in [0.15, 0.2) is 0 Å². The van der Waals surface area contributed by atoms with Gasteiger partial charge < -0.3 is 11.1 Å². The van der Waals surface area contributed by atoms with Gasteiger partial charge >= 0.3 is 0 Å². The first kappa shape index (κ1) is 21.2. The Hall–Kier alpha value is -1.85. The van der Waals surface area contributed by atoms with Crippen LogP contribution >= 0.6 is 12.4 Å². The number of carbonyl (C=O) groups excluding carboxylic acids is 1. The van der Waals surface area contributed by atoms with Crippen LogP contribution in [0, 0.1) is 12.8 Å². The smallest absolute Gasteiger partial charge is 0.229 e. The molecule has 5 nitrogen and oxygen atoms in total. The molecule has 3 N–H and O–H groups in total. The van der Waals surface area contributed by atoms with Crippen molar-refractivity contribution in [2.45, 2.75) is 53.0 Å². The number of aryl methyl sites for hydroxylation is 1. The van der Waals surface area contributed by atoms with Crippen LogP contribution in [0.4, 0.5) is 5.82 Å². The van der Waals surface area contributed by atoms with Gasteiger partial charge in [-0.25, -0.2) is 4.68 Å². The molecule has 1 heterocycles. The van der Waals surface area contributed by atoms with Crippen molar-refractivity contribution in [2.24, 2.45) is 11.7 Å². The molecule has 25 heavy (non-hydrogen) atoms. The molecule has 0 fully saturated rings. The molecule has 6 heteroatoms. The molecular weight excluding hydrogens is 336 g/mol. The SMILES string of the molecule is Cc1ccc(-n2nc(C(C)(C)C)cc2NC(=O)C(C)C(C)N)cc1.Cl. The number of carbonyl (C=O) groups is 1. The Morgan fingerprint density at radius 2 is 1.76 bits per heavy atom. The van der Waals surface area contributed by atoms with E-state index in [-0.39, 0.29) is 35.7 Å². The summed E-state index contributed by atoms with van der Waals surface area (Å²) in [5, 5.41) is 7.69. The number of hydrogen-bond acceptors (Lipinski definition) is 3. The summed E-state index contributed by atoms with van der Waals surface area (Å²) in [4.78, 5) is 12.4. The van der Waals surface area contributed by atoms with Crippen molar-refractivity contribution in [2.75, 3.05) is 5.32 Å². The Morgan fingerprint density at radius 1 is 1.20 bits per heavy atom. The summed E-state index contributed by atoms with van der Waals surface area (Å²) < 4.78 is 1.78. The highest BCUT2D eigenvalue weighted by Crippen LogP contribution is 2.26. The standard InChI is InChI=1S/C19H28N4O.ClH/c1-12-7-9-15(10-8-12)23-17(11-16(22-23)19(4,5)6)21-18(24)13(2)14(3)20;/h7-11,13-14H,20H2,1-6H3,(H,21,24);1H. The third kappa shape index (κ3) is 5.06. The molecule has 0 bridgehead atoms. The van der Waals surface area contributed by atoms with Gasteiger partial charge in [-0.3, -0.25) is 4.79 Å². The van der Waals surface area contributed by atoms with Gasteiger partial charge in [0.2, 0.25) is 5.91 Å². The summed E-state index contributed by atoms with van der Waals surface area (Å²) in [6, 6.07) is 9.79. The fraction of sp³-hybridized carbons (Fsp3) is 0.474. The van der Waals surface area contributed by atoms with Crippen LogP contribution in [0.25, 0.3) is 5.69 Å². The topological polar surface area (TPSA) is 72.9 Å². The maximum absolute atomic E-state index is 12.4. The molecule has 1 aromatic carbocycles. The number of benzene rings is 1. The summed E-state index contributed by atoms with van der Waals surface area (Å²) in [7, 11) is 0. The predicted octanol–water partition coefficient (Wildman–Crippen LogP) is 3.82. The monoisotopic (exact) mass is 364 g/mol. The van der Waals surface area contributed by atoms with Crippen LogP contribution in [0.2, 0.25) is 0 Å². The number of nitrogens with zero attached hydrogens (tertiary/aromatic N) is 2. The normalized spacial score (nSPS) is 13.7. The van der Waals surface area contributed by atoms with Crippen LogP contribution < -0.4 is 11.1 Å². The number of amides is 1. The Labute approximate surface area is 156 Å². The molecule has 2 aromatic rings. The number of halogens is 1. The van der Waals surface area contributed by atoms with Crippen LogP contribution in [0.1, 0.15) is 45.9 Å². The van der Waals surface area contributed by atoms with Crippen molar-refractivity contribution < 1.29 is 4.79 Å². The predicted molar refractivity (Wildman–Crippen MR) is 106 cm³/mol. The molecule has 2 atom stereocenters. The van der Waals surface area contributed by atoms with E-state index < -0.39 is 0 Å². The Morgan fingerprint density at radius 3 is 2.24 bits per heavy atom. The van der Waals surface area contributed by atoms with Gasteiger partial charge in [-0.05, 0) is 26.0 Å². The first-order valence-corrected chi connectivity index (χ1v) is 8.33.